The Bertz CT molecular complexity index is 1190. The van der Waals surface area contributed by atoms with Crippen molar-refractivity contribution >= 4 is 38.6 Å². The van der Waals surface area contributed by atoms with Gasteiger partial charge in [-0.3, -0.25) is 4.79 Å². The molecule has 0 saturated carbocycles. The van der Waals surface area contributed by atoms with Gasteiger partial charge in [-0.25, -0.2) is 21.9 Å². The van der Waals surface area contributed by atoms with Crippen LogP contribution in [0.3, 0.4) is 0 Å². The molecule has 10 heteroatoms. The third kappa shape index (κ3) is 3.79. The zero-order valence-corrected chi connectivity index (χ0v) is 16.4. The maximum Gasteiger partial charge on any atom is 0.421 e. The maximum atomic E-state index is 13.8. The Kier molecular flexibility index (Phi) is 5.29. The quantitative estimate of drug-likeness (QED) is 0.660. The molecular formula is C19H18FN3O5S. The van der Waals surface area contributed by atoms with Gasteiger partial charge in [-0.2, -0.15) is 0 Å². The van der Waals surface area contributed by atoms with E-state index in [1.807, 2.05) is 0 Å². The van der Waals surface area contributed by atoms with Crippen LogP contribution in [0.5, 0.6) is 0 Å². The Balaban J connectivity index is 1.78. The minimum absolute atomic E-state index is 0.207. The van der Waals surface area contributed by atoms with Crippen LogP contribution in [0.4, 0.5) is 14.9 Å². The molecule has 1 atom stereocenters. The van der Waals surface area contributed by atoms with Crippen molar-refractivity contribution in [2.45, 2.75) is 17.9 Å². The summed E-state index contributed by atoms with van der Waals surface area (Å²) >= 11 is 0. The second-order valence-corrected chi connectivity index (χ2v) is 8.31. The van der Waals surface area contributed by atoms with Gasteiger partial charge >= 0.3 is 6.09 Å². The van der Waals surface area contributed by atoms with Gasteiger partial charge in [0.05, 0.1) is 10.4 Å². The number of hydrogen-bond acceptors (Lipinski definition) is 4. The average molecular weight is 419 g/mol. The summed E-state index contributed by atoms with van der Waals surface area (Å²) in [5.74, 6) is -0.762. The van der Waals surface area contributed by atoms with Crippen LogP contribution in [0.15, 0.2) is 59.6 Å². The molecule has 2 aromatic carbocycles. The van der Waals surface area contributed by atoms with Crippen molar-refractivity contribution in [2.24, 2.45) is 0 Å². The highest BCUT2D eigenvalue weighted by atomic mass is 32.2. The molecule has 2 amide bonds. The number of rotatable bonds is 5. The normalized spacial score (nSPS) is 12.5. The highest BCUT2D eigenvalue weighted by molar-refractivity contribution is 7.89. The Morgan fingerprint density at radius 3 is 2.41 bits per heavy atom. The Labute approximate surface area is 166 Å². The molecule has 3 aromatic rings. The monoisotopic (exact) mass is 419 g/mol. The average Bonchev–Trinajstić information content (AvgIpc) is 3.12. The van der Waals surface area contributed by atoms with E-state index in [9.17, 15) is 22.4 Å². The van der Waals surface area contributed by atoms with Crippen LogP contribution in [0.1, 0.15) is 13.0 Å². The predicted molar refractivity (Wildman–Crippen MR) is 105 cm³/mol. The van der Waals surface area contributed by atoms with Crippen LogP contribution in [0.25, 0.3) is 10.9 Å². The lowest BCUT2D eigenvalue weighted by Crippen LogP contribution is -2.31. The molecule has 3 rings (SSSR count). The van der Waals surface area contributed by atoms with E-state index in [1.54, 1.807) is 35.9 Å². The maximum absolute atomic E-state index is 13.8. The van der Waals surface area contributed by atoms with E-state index in [0.717, 1.165) is 7.05 Å². The summed E-state index contributed by atoms with van der Waals surface area (Å²) in [4.78, 5) is 23.3. The minimum atomic E-state index is -4.18. The molecule has 0 bridgehead atoms. The number of carboxylic acid groups (broad SMARTS) is 1. The number of fused-ring (bicyclic) bond motifs is 1. The third-order valence-electron chi connectivity index (χ3n) is 4.56. The van der Waals surface area contributed by atoms with Gasteiger partial charge in [-0.15, -0.1) is 0 Å². The van der Waals surface area contributed by atoms with E-state index >= 15 is 0 Å². The number of nitrogens with one attached hydrogen (secondary N) is 1. The van der Waals surface area contributed by atoms with Crippen molar-refractivity contribution in [3.8, 4) is 0 Å². The van der Waals surface area contributed by atoms with Crippen molar-refractivity contribution in [1.82, 2.24) is 8.87 Å². The van der Waals surface area contributed by atoms with E-state index in [-0.39, 0.29) is 20.9 Å². The molecule has 1 aromatic heterocycles. The predicted octanol–water partition coefficient (Wildman–Crippen LogP) is 3.28. The molecule has 0 fully saturated rings. The highest BCUT2D eigenvalue weighted by Gasteiger charge is 2.25. The molecule has 1 unspecified atom stereocenters. The zero-order valence-electron chi connectivity index (χ0n) is 15.5. The standard InChI is InChI=1S/C19H18FN3O5S/c1-12(23-11-10-15-16(20)4-3-5-17(15)23)18(24)21-13-6-8-14(9-7-13)29(27,28)22(2)19(25)26/h3-12H,1-2H3,(H,21,24)(H,25,26). The van der Waals surface area contributed by atoms with E-state index in [2.05, 4.69) is 5.32 Å². The van der Waals surface area contributed by atoms with Crippen LogP contribution in [0, 0.1) is 5.82 Å². The molecule has 152 valence electrons. The number of sulfonamides is 1. The van der Waals surface area contributed by atoms with Crippen LogP contribution >= 0.6 is 0 Å². The number of carbonyl (C=O) groups is 2. The fourth-order valence-corrected chi connectivity index (χ4v) is 3.83. The Morgan fingerprint density at radius 1 is 1.14 bits per heavy atom. The highest BCUT2D eigenvalue weighted by Crippen LogP contribution is 2.24. The molecular weight excluding hydrogens is 401 g/mol. The number of anilines is 1. The van der Waals surface area contributed by atoms with E-state index in [1.165, 1.54) is 30.3 Å². The summed E-state index contributed by atoms with van der Waals surface area (Å²) in [6, 6.07) is 10.7. The molecule has 0 saturated heterocycles. The lowest BCUT2D eigenvalue weighted by atomic mass is 10.2. The molecule has 8 nitrogen and oxygen atoms in total. The lowest BCUT2D eigenvalue weighted by Gasteiger charge is -2.16. The largest absolute Gasteiger partial charge is 0.464 e. The molecule has 0 aliphatic heterocycles. The Hall–Kier alpha value is -3.40. The van der Waals surface area contributed by atoms with Gasteiger partial charge in [0.2, 0.25) is 5.91 Å². The summed E-state index contributed by atoms with van der Waals surface area (Å²) in [5.41, 5.74) is 0.909. The fraction of sp³-hybridized carbons (Fsp3) is 0.158. The SMILES string of the molecule is CC(C(=O)Nc1ccc(S(=O)(=O)N(C)C(=O)O)cc1)n1ccc2c(F)cccc21. The fourth-order valence-electron chi connectivity index (χ4n) is 2.83. The van der Waals surface area contributed by atoms with Crippen LogP contribution in [-0.4, -0.2) is 41.4 Å². The first-order valence-corrected chi connectivity index (χ1v) is 9.95. The van der Waals surface area contributed by atoms with Gasteiger partial charge in [0.15, 0.2) is 0 Å². The van der Waals surface area contributed by atoms with Gasteiger partial charge in [0.1, 0.15) is 11.9 Å². The molecule has 2 N–H and O–H groups in total. The first-order valence-electron chi connectivity index (χ1n) is 8.51. The smallest absolute Gasteiger partial charge is 0.421 e. The van der Waals surface area contributed by atoms with Crippen LogP contribution in [-0.2, 0) is 14.8 Å². The minimum Gasteiger partial charge on any atom is -0.464 e. The number of hydrogen-bond donors (Lipinski definition) is 2. The summed E-state index contributed by atoms with van der Waals surface area (Å²) in [6.45, 7) is 1.65. The van der Waals surface area contributed by atoms with E-state index in [4.69, 9.17) is 5.11 Å². The number of amides is 2. The van der Waals surface area contributed by atoms with Gasteiger partial charge in [0.25, 0.3) is 10.0 Å². The van der Waals surface area contributed by atoms with Gasteiger partial charge in [-0.05, 0) is 49.4 Å². The van der Waals surface area contributed by atoms with Gasteiger partial charge in [-0.1, -0.05) is 6.07 Å². The zero-order chi connectivity index (χ0) is 21.3. The number of nitrogens with zero attached hydrogens (tertiary/aromatic N) is 2. The number of aromatic nitrogens is 1. The topological polar surface area (TPSA) is 109 Å². The molecule has 29 heavy (non-hydrogen) atoms. The van der Waals surface area contributed by atoms with Crippen LogP contribution < -0.4 is 5.32 Å². The van der Waals surface area contributed by atoms with E-state index in [0.29, 0.717) is 16.6 Å². The van der Waals surface area contributed by atoms with Crippen molar-refractivity contribution in [3.63, 3.8) is 0 Å². The lowest BCUT2D eigenvalue weighted by molar-refractivity contribution is -0.118. The summed E-state index contributed by atoms with van der Waals surface area (Å²) in [7, 11) is -3.25. The summed E-state index contributed by atoms with van der Waals surface area (Å²) < 4.78 is 40.0. The number of halogens is 1. The Morgan fingerprint density at radius 2 is 1.79 bits per heavy atom. The van der Waals surface area contributed by atoms with Crippen molar-refractivity contribution in [2.75, 3.05) is 12.4 Å². The second kappa shape index (κ2) is 7.55. The molecule has 1 heterocycles. The molecule has 0 radical (unpaired) electrons. The number of carbonyl (C=O) groups excluding carboxylic acids is 1. The van der Waals surface area contributed by atoms with Gasteiger partial charge in [0, 0.05) is 24.3 Å². The van der Waals surface area contributed by atoms with Crippen molar-refractivity contribution in [3.05, 3.63) is 60.5 Å². The van der Waals surface area contributed by atoms with Crippen molar-refractivity contribution in [1.29, 1.82) is 0 Å². The first-order chi connectivity index (χ1) is 13.6. The summed E-state index contributed by atoms with van der Waals surface area (Å²) in [6.07, 6.45) is 0.0154. The molecule has 0 spiro atoms. The summed E-state index contributed by atoms with van der Waals surface area (Å²) in [5, 5.41) is 11.9. The third-order valence-corrected chi connectivity index (χ3v) is 6.30. The molecule has 0 aliphatic rings. The van der Waals surface area contributed by atoms with Crippen LogP contribution in [0.2, 0.25) is 0 Å². The number of benzene rings is 2. The second-order valence-electron chi connectivity index (χ2n) is 6.34. The molecule has 0 aliphatic carbocycles. The van der Waals surface area contributed by atoms with E-state index < -0.39 is 22.2 Å². The van der Waals surface area contributed by atoms with Gasteiger partial charge < -0.3 is 15.0 Å². The van der Waals surface area contributed by atoms with Crippen molar-refractivity contribution < 1.29 is 27.5 Å². The first kappa shape index (κ1) is 20.3.